The van der Waals surface area contributed by atoms with Gasteiger partial charge in [0.1, 0.15) is 6.07 Å². The summed E-state index contributed by atoms with van der Waals surface area (Å²) in [5.74, 6) is 0.416. The lowest BCUT2D eigenvalue weighted by atomic mass is 10.1. The predicted octanol–water partition coefficient (Wildman–Crippen LogP) is 1.35. The minimum Gasteiger partial charge on any atom is -0.381 e. The van der Waals surface area contributed by atoms with Crippen LogP contribution >= 0.6 is 0 Å². The van der Waals surface area contributed by atoms with Crippen LogP contribution in [0.15, 0.2) is 18.3 Å². The van der Waals surface area contributed by atoms with E-state index in [4.69, 9.17) is 11.0 Å². The third-order valence-corrected chi connectivity index (χ3v) is 2.30. The minimum absolute atomic E-state index is 0.0803. The molecular formula is C11H16N4. The maximum Gasteiger partial charge on any atom is 0.163 e. The van der Waals surface area contributed by atoms with E-state index in [0.717, 1.165) is 5.69 Å². The topological polar surface area (TPSA) is 74.7 Å². The molecule has 1 rings (SSSR count). The lowest BCUT2D eigenvalue weighted by Gasteiger charge is -2.17. The second-order valence-electron chi connectivity index (χ2n) is 3.80. The zero-order valence-corrected chi connectivity index (χ0v) is 9.07. The number of aromatic nitrogens is 1. The number of pyridine rings is 1. The molecule has 0 amide bonds. The maximum atomic E-state index is 8.81. The first-order chi connectivity index (χ1) is 7.15. The molecule has 1 heterocycles. The van der Waals surface area contributed by atoms with E-state index in [2.05, 4.69) is 24.1 Å². The van der Waals surface area contributed by atoms with Gasteiger partial charge in [0.05, 0.1) is 5.69 Å². The number of hydrogen-bond donors (Lipinski definition) is 2. The molecule has 1 aromatic rings. The van der Waals surface area contributed by atoms with Crippen molar-refractivity contribution >= 4 is 5.69 Å². The molecule has 0 aliphatic heterocycles. The molecule has 0 saturated heterocycles. The summed E-state index contributed by atoms with van der Waals surface area (Å²) in [7, 11) is 0. The van der Waals surface area contributed by atoms with Gasteiger partial charge in [-0.3, -0.25) is 0 Å². The SMILES string of the molecule is CC(C)C(N)CNc1cccnc1C#N. The molecule has 15 heavy (non-hydrogen) atoms. The first-order valence-corrected chi connectivity index (χ1v) is 4.99. The van der Waals surface area contributed by atoms with Crippen LogP contribution in [0.4, 0.5) is 5.69 Å². The minimum atomic E-state index is 0.0803. The van der Waals surface area contributed by atoms with Gasteiger partial charge in [-0.25, -0.2) is 4.98 Å². The number of anilines is 1. The molecular weight excluding hydrogens is 188 g/mol. The van der Waals surface area contributed by atoms with Crippen LogP contribution in [-0.2, 0) is 0 Å². The normalized spacial score (nSPS) is 12.2. The van der Waals surface area contributed by atoms with Crippen molar-refractivity contribution in [1.82, 2.24) is 4.98 Å². The average Bonchev–Trinajstić information content (AvgIpc) is 2.26. The van der Waals surface area contributed by atoms with Gasteiger partial charge in [0.2, 0.25) is 0 Å². The van der Waals surface area contributed by atoms with E-state index < -0.39 is 0 Å². The lowest BCUT2D eigenvalue weighted by molar-refractivity contribution is 0.511. The summed E-state index contributed by atoms with van der Waals surface area (Å²) in [6.07, 6.45) is 1.60. The lowest BCUT2D eigenvalue weighted by Crippen LogP contribution is -2.34. The van der Waals surface area contributed by atoms with Crippen molar-refractivity contribution < 1.29 is 0 Å². The van der Waals surface area contributed by atoms with Crippen molar-refractivity contribution in [2.75, 3.05) is 11.9 Å². The molecule has 0 spiro atoms. The summed E-state index contributed by atoms with van der Waals surface area (Å²) in [5.41, 5.74) is 7.05. The van der Waals surface area contributed by atoms with Crippen LogP contribution in [0.3, 0.4) is 0 Å². The van der Waals surface area contributed by atoms with Crippen LogP contribution in [0.2, 0.25) is 0 Å². The zero-order chi connectivity index (χ0) is 11.3. The smallest absolute Gasteiger partial charge is 0.163 e. The van der Waals surface area contributed by atoms with E-state index in [1.807, 2.05) is 12.1 Å². The largest absolute Gasteiger partial charge is 0.381 e. The average molecular weight is 204 g/mol. The number of nitrogens with zero attached hydrogens (tertiary/aromatic N) is 2. The first-order valence-electron chi connectivity index (χ1n) is 4.99. The van der Waals surface area contributed by atoms with Gasteiger partial charge >= 0.3 is 0 Å². The van der Waals surface area contributed by atoms with Gasteiger partial charge in [-0.05, 0) is 18.1 Å². The molecule has 0 bridgehead atoms. The molecule has 0 aliphatic rings. The third kappa shape index (κ3) is 3.22. The Bertz CT molecular complexity index is 354. The molecule has 1 aromatic heterocycles. The van der Waals surface area contributed by atoms with E-state index in [9.17, 15) is 0 Å². The van der Waals surface area contributed by atoms with Gasteiger partial charge in [0, 0.05) is 18.8 Å². The Kier molecular flexibility index (Phi) is 4.07. The fourth-order valence-electron chi connectivity index (χ4n) is 1.10. The summed E-state index contributed by atoms with van der Waals surface area (Å²) < 4.78 is 0. The summed E-state index contributed by atoms with van der Waals surface area (Å²) in [6.45, 7) is 4.79. The highest BCUT2D eigenvalue weighted by Crippen LogP contribution is 2.11. The molecule has 1 atom stereocenters. The van der Waals surface area contributed by atoms with Crippen LogP contribution in [0.25, 0.3) is 0 Å². The van der Waals surface area contributed by atoms with Gasteiger partial charge in [-0.15, -0.1) is 0 Å². The summed E-state index contributed by atoms with van der Waals surface area (Å²) in [5, 5.41) is 11.9. The van der Waals surface area contributed by atoms with Crippen molar-refractivity contribution in [2.45, 2.75) is 19.9 Å². The van der Waals surface area contributed by atoms with Gasteiger partial charge < -0.3 is 11.1 Å². The van der Waals surface area contributed by atoms with Crippen LogP contribution in [0.5, 0.6) is 0 Å². The summed E-state index contributed by atoms with van der Waals surface area (Å²) in [6, 6.07) is 5.74. The molecule has 0 aromatic carbocycles. The zero-order valence-electron chi connectivity index (χ0n) is 9.07. The Labute approximate surface area is 90.1 Å². The number of hydrogen-bond acceptors (Lipinski definition) is 4. The highest BCUT2D eigenvalue weighted by atomic mass is 14.9. The second-order valence-corrected chi connectivity index (χ2v) is 3.80. The van der Waals surface area contributed by atoms with E-state index >= 15 is 0 Å². The molecule has 80 valence electrons. The highest BCUT2D eigenvalue weighted by molar-refractivity contribution is 5.53. The highest BCUT2D eigenvalue weighted by Gasteiger charge is 2.08. The summed E-state index contributed by atoms with van der Waals surface area (Å²) >= 11 is 0. The van der Waals surface area contributed by atoms with E-state index in [-0.39, 0.29) is 6.04 Å². The fourth-order valence-corrected chi connectivity index (χ4v) is 1.10. The number of rotatable bonds is 4. The molecule has 3 N–H and O–H groups in total. The first kappa shape index (κ1) is 11.5. The van der Waals surface area contributed by atoms with Gasteiger partial charge in [0.25, 0.3) is 0 Å². The Morgan fingerprint density at radius 2 is 2.33 bits per heavy atom. The van der Waals surface area contributed by atoms with Crippen LogP contribution in [0.1, 0.15) is 19.5 Å². The van der Waals surface area contributed by atoms with Crippen molar-refractivity contribution in [3.8, 4) is 6.07 Å². The predicted molar refractivity (Wildman–Crippen MR) is 60.3 cm³/mol. The molecule has 0 radical (unpaired) electrons. The fraction of sp³-hybridized carbons (Fsp3) is 0.455. The van der Waals surface area contributed by atoms with Gasteiger partial charge in [-0.1, -0.05) is 13.8 Å². The van der Waals surface area contributed by atoms with E-state index in [0.29, 0.717) is 18.2 Å². The third-order valence-electron chi connectivity index (χ3n) is 2.30. The number of nitrogens with two attached hydrogens (primary N) is 1. The standard InChI is InChI=1S/C11H16N4/c1-8(2)9(13)7-15-10-4-3-5-14-11(10)6-12/h3-5,8-9,15H,7,13H2,1-2H3. The van der Waals surface area contributed by atoms with Crippen LogP contribution < -0.4 is 11.1 Å². The van der Waals surface area contributed by atoms with Crippen LogP contribution in [-0.4, -0.2) is 17.6 Å². The Morgan fingerprint density at radius 3 is 2.93 bits per heavy atom. The second kappa shape index (κ2) is 5.32. The number of nitrogens with one attached hydrogen (secondary N) is 1. The quantitative estimate of drug-likeness (QED) is 0.776. The Morgan fingerprint density at radius 1 is 1.60 bits per heavy atom. The Balaban J connectivity index is 2.62. The van der Waals surface area contributed by atoms with E-state index in [1.54, 1.807) is 12.3 Å². The van der Waals surface area contributed by atoms with E-state index in [1.165, 1.54) is 0 Å². The molecule has 0 aliphatic carbocycles. The Hall–Kier alpha value is -1.60. The van der Waals surface area contributed by atoms with Gasteiger partial charge in [0.15, 0.2) is 5.69 Å². The maximum absolute atomic E-state index is 8.81. The molecule has 0 fully saturated rings. The van der Waals surface area contributed by atoms with Crippen molar-refractivity contribution in [3.63, 3.8) is 0 Å². The molecule has 4 nitrogen and oxygen atoms in total. The van der Waals surface area contributed by atoms with Crippen LogP contribution in [0, 0.1) is 17.2 Å². The monoisotopic (exact) mass is 204 g/mol. The molecule has 1 unspecified atom stereocenters. The van der Waals surface area contributed by atoms with Gasteiger partial charge in [-0.2, -0.15) is 5.26 Å². The van der Waals surface area contributed by atoms with Crippen molar-refractivity contribution in [3.05, 3.63) is 24.0 Å². The number of nitriles is 1. The molecule has 0 saturated carbocycles. The summed E-state index contributed by atoms with van der Waals surface area (Å²) in [4.78, 5) is 3.96. The molecule has 4 heteroatoms. The van der Waals surface area contributed by atoms with Crippen molar-refractivity contribution in [1.29, 1.82) is 5.26 Å². The van der Waals surface area contributed by atoms with Crippen molar-refractivity contribution in [2.24, 2.45) is 11.7 Å².